The molecule has 0 radical (unpaired) electrons. The Kier molecular flexibility index (Phi) is 5.59. The normalized spacial score (nSPS) is 10.2. The van der Waals surface area contributed by atoms with Crippen LogP contribution in [0.15, 0.2) is 60.8 Å². The second kappa shape index (κ2) is 8.26. The van der Waals surface area contributed by atoms with Crippen LogP contribution in [0.25, 0.3) is 0 Å². The van der Waals surface area contributed by atoms with Crippen LogP contribution in [-0.2, 0) is 4.79 Å². The summed E-state index contributed by atoms with van der Waals surface area (Å²) < 4.78 is 26.2. The molecule has 2 aromatic carbocycles. The minimum absolute atomic E-state index is 0.167. The summed E-state index contributed by atoms with van der Waals surface area (Å²) in [6.07, 6.45) is 1.41. The number of hydrogen-bond donors (Lipinski definition) is 3. The highest BCUT2D eigenvalue weighted by molar-refractivity contribution is 6.03. The molecule has 0 aliphatic rings. The molecule has 0 bridgehead atoms. The number of rotatable bonds is 5. The van der Waals surface area contributed by atoms with Gasteiger partial charge in [-0.25, -0.2) is 13.8 Å². The fourth-order valence-electron chi connectivity index (χ4n) is 2.42. The van der Waals surface area contributed by atoms with Crippen molar-refractivity contribution >= 4 is 34.6 Å². The number of hydrogen-bond acceptors (Lipinski definition) is 4. The zero-order valence-corrected chi connectivity index (χ0v) is 14.8. The van der Waals surface area contributed by atoms with E-state index in [1.807, 2.05) is 0 Å². The van der Waals surface area contributed by atoms with Crippen molar-refractivity contribution in [2.24, 2.45) is 0 Å². The highest BCUT2D eigenvalue weighted by Crippen LogP contribution is 2.19. The lowest BCUT2D eigenvalue weighted by Crippen LogP contribution is -2.14. The number of carbonyl (C=O) groups is 2. The number of carbonyl (C=O) groups excluding carboxylic acids is 2. The Morgan fingerprint density at radius 3 is 2.18 bits per heavy atom. The van der Waals surface area contributed by atoms with Crippen LogP contribution in [0.3, 0.4) is 0 Å². The van der Waals surface area contributed by atoms with Crippen molar-refractivity contribution < 1.29 is 18.4 Å². The Morgan fingerprint density at radius 2 is 1.54 bits per heavy atom. The molecule has 0 spiro atoms. The van der Waals surface area contributed by atoms with E-state index < -0.39 is 17.5 Å². The van der Waals surface area contributed by atoms with Crippen molar-refractivity contribution in [2.75, 3.05) is 16.0 Å². The monoisotopic (exact) mass is 382 g/mol. The Morgan fingerprint density at radius 1 is 0.821 bits per heavy atom. The van der Waals surface area contributed by atoms with E-state index in [0.29, 0.717) is 22.7 Å². The van der Waals surface area contributed by atoms with Gasteiger partial charge in [-0.2, -0.15) is 0 Å². The van der Waals surface area contributed by atoms with Gasteiger partial charge in [0.25, 0.3) is 5.91 Å². The van der Waals surface area contributed by atoms with Gasteiger partial charge in [0.05, 0.1) is 11.9 Å². The number of halogens is 2. The van der Waals surface area contributed by atoms with Gasteiger partial charge in [-0.05, 0) is 42.5 Å². The molecule has 142 valence electrons. The van der Waals surface area contributed by atoms with Crippen molar-refractivity contribution in [3.05, 3.63) is 78.1 Å². The zero-order chi connectivity index (χ0) is 20.1. The molecular formula is C20H16F2N4O2. The third-order valence-electron chi connectivity index (χ3n) is 3.65. The van der Waals surface area contributed by atoms with E-state index in [1.165, 1.54) is 25.3 Å². The Bertz CT molecular complexity index is 1020. The van der Waals surface area contributed by atoms with Gasteiger partial charge >= 0.3 is 0 Å². The zero-order valence-electron chi connectivity index (χ0n) is 14.8. The summed E-state index contributed by atoms with van der Waals surface area (Å²) in [4.78, 5) is 27.5. The topological polar surface area (TPSA) is 83.1 Å². The first-order valence-corrected chi connectivity index (χ1v) is 8.28. The molecule has 3 aromatic rings. The Balaban J connectivity index is 1.66. The molecule has 1 heterocycles. The summed E-state index contributed by atoms with van der Waals surface area (Å²) in [6, 6.07) is 13.2. The molecule has 3 rings (SSSR count). The standard InChI is InChI=1S/C20H16F2N4O2/c1-12(27)24-13-3-2-4-14(9-13)26-20(28)19-8-6-16(11-23-19)25-15-5-7-17(21)18(22)10-15/h2-11,25H,1H3,(H,24,27)(H,26,28). The number of amides is 2. The highest BCUT2D eigenvalue weighted by Gasteiger charge is 2.09. The predicted molar refractivity (Wildman–Crippen MR) is 103 cm³/mol. The van der Waals surface area contributed by atoms with Crippen LogP contribution in [0, 0.1) is 11.6 Å². The lowest BCUT2D eigenvalue weighted by molar-refractivity contribution is -0.114. The number of pyridine rings is 1. The largest absolute Gasteiger partial charge is 0.354 e. The van der Waals surface area contributed by atoms with Gasteiger partial charge in [0.1, 0.15) is 5.69 Å². The molecule has 8 heteroatoms. The molecule has 28 heavy (non-hydrogen) atoms. The molecule has 1 aromatic heterocycles. The first-order chi connectivity index (χ1) is 13.4. The Hall–Kier alpha value is -3.81. The number of aromatic nitrogens is 1. The second-order valence-corrected chi connectivity index (χ2v) is 5.90. The Labute approximate surface area is 159 Å². The molecule has 0 aliphatic heterocycles. The maximum Gasteiger partial charge on any atom is 0.274 e. The molecule has 0 saturated heterocycles. The van der Waals surface area contributed by atoms with Gasteiger partial charge in [0.2, 0.25) is 5.91 Å². The molecule has 3 N–H and O–H groups in total. The van der Waals surface area contributed by atoms with Crippen LogP contribution in [0.4, 0.5) is 31.5 Å². The first kappa shape index (κ1) is 19.0. The van der Waals surface area contributed by atoms with E-state index in [1.54, 1.807) is 30.3 Å². The van der Waals surface area contributed by atoms with E-state index in [9.17, 15) is 18.4 Å². The molecule has 0 aliphatic carbocycles. The molecule has 0 saturated carbocycles. The third kappa shape index (κ3) is 4.88. The summed E-state index contributed by atoms with van der Waals surface area (Å²) in [5.74, 6) is -2.54. The van der Waals surface area contributed by atoms with Gasteiger partial charge in [0.15, 0.2) is 11.6 Å². The van der Waals surface area contributed by atoms with E-state index in [2.05, 4.69) is 20.9 Å². The van der Waals surface area contributed by atoms with Crippen molar-refractivity contribution in [1.82, 2.24) is 4.98 Å². The average molecular weight is 382 g/mol. The summed E-state index contributed by atoms with van der Waals surface area (Å²) in [7, 11) is 0. The first-order valence-electron chi connectivity index (χ1n) is 8.28. The van der Waals surface area contributed by atoms with E-state index in [4.69, 9.17) is 0 Å². The van der Waals surface area contributed by atoms with E-state index >= 15 is 0 Å². The number of anilines is 4. The van der Waals surface area contributed by atoms with Gasteiger partial charge in [0, 0.05) is 30.1 Å². The predicted octanol–water partition coefficient (Wildman–Crippen LogP) is 4.31. The van der Waals surface area contributed by atoms with Crippen molar-refractivity contribution in [3.8, 4) is 0 Å². The summed E-state index contributed by atoms with van der Waals surface area (Å²) in [5.41, 5.74) is 2.09. The van der Waals surface area contributed by atoms with Crippen molar-refractivity contribution in [3.63, 3.8) is 0 Å². The van der Waals surface area contributed by atoms with Crippen molar-refractivity contribution in [2.45, 2.75) is 6.92 Å². The average Bonchev–Trinajstić information content (AvgIpc) is 2.65. The third-order valence-corrected chi connectivity index (χ3v) is 3.65. The van der Waals surface area contributed by atoms with Crippen molar-refractivity contribution in [1.29, 1.82) is 0 Å². The molecule has 0 fully saturated rings. The maximum atomic E-state index is 13.3. The van der Waals surface area contributed by atoms with Gasteiger partial charge in [-0.15, -0.1) is 0 Å². The molecule has 2 amide bonds. The second-order valence-electron chi connectivity index (χ2n) is 5.90. The lowest BCUT2D eigenvalue weighted by atomic mass is 10.2. The molecule has 0 atom stereocenters. The van der Waals surface area contributed by atoms with Crippen LogP contribution in [0.2, 0.25) is 0 Å². The lowest BCUT2D eigenvalue weighted by Gasteiger charge is -2.09. The van der Waals surface area contributed by atoms with Crippen LogP contribution >= 0.6 is 0 Å². The summed E-state index contributed by atoms with van der Waals surface area (Å²) >= 11 is 0. The fourth-order valence-corrected chi connectivity index (χ4v) is 2.42. The SMILES string of the molecule is CC(=O)Nc1cccc(NC(=O)c2ccc(Nc3ccc(F)c(F)c3)cn2)c1. The van der Waals surface area contributed by atoms with Crippen LogP contribution in [0.5, 0.6) is 0 Å². The van der Waals surface area contributed by atoms with Crippen LogP contribution in [-0.4, -0.2) is 16.8 Å². The van der Waals surface area contributed by atoms with Crippen LogP contribution in [0.1, 0.15) is 17.4 Å². The smallest absolute Gasteiger partial charge is 0.274 e. The highest BCUT2D eigenvalue weighted by atomic mass is 19.2. The molecular weight excluding hydrogens is 366 g/mol. The van der Waals surface area contributed by atoms with E-state index in [-0.39, 0.29) is 11.6 Å². The maximum absolute atomic E-state index is 13.3. The number of nitrogens with one attached hydrogen (secondary N) is 3. The fraction of sp³-hybridized carbons (Fsp3) is 0.0500. The summed E-state index contributed by atoms with van der Waals surface area (Å²) in [6.45, 7) is 1.39. The van der Waals surface area contributed by atoms with Crippen LogP contribution < -0.4 is 16.0 Å². The number of benzene rings is 2. The van der Waals surface area contributed by atoms with E-state index in [0.717, 1.165) is 12.1 Å². The minimum atomic E-state index is -0.963. The van der Waals surface area contributed by atoms with Gasteiger partial charge in [-0.3, -0.25) is 9.59 Å². The quantitative estimate of drug-likeness (QED) is 0.614. The minimum Gasteiger partial charge on any atom is -0.354 e. The molecule has 6 nitrogen and oxygen atoms in total. The van der Waals surface area contributed by atoms with Gasteiger partial charge < -0.3 is 16.0 Å². The molecule has 0 unspecified atom stereocenters. The summed E-state index contributed by atoms with van der Waals surface area (Å²) in [5, 5.41) is 8.19. The number of nitrogens with zero attached hydrogens (tertiary/aromatic N) is 1. The van der Waals surface area contributed by atoms with Gasteiger partial charge in [-0.1, -0.05) is 6.07 Å².